The fourth-order valence-electron chi connectivity index (χ4n) is 4.51. The highest BCUT2D eigenvalue weighted by Gasteiger charge is 2.11. The fourth-order valence-corrected chi connectivity index (χ4v) is 4.51. The van der Waals surface area contributed by atoms with Crippen LogP contribution in [0.25, 0.3) is 44.8 Å². The highest BCUT2D eigenvalue weighted by molar-refractivity contribution is 5.86. The molecule has 0 spiro atoms. The normalized spacial score (nSPS) is 11.3. The predicted octanol–water partition coefficient (Wildman–Crippen LogP) is 9.39. The molecule has 0 N–H and O–H groups in total. The lowest BCUT2D eigenvalue weighted by Gasteiger charge is -2.13. The molecule has 3 aromatic carbocycles. The second kappa shape index (κ2) is 10.3. The molecule has 0 unspecified atom stereocenters. The van der Waals surface area contributed by atoms with Crippen molar-refractivity contribution in [2.24, 2.45) is 0 Å². The standard InChI is InChI=1S/C34H32N2/c1-23(2)29-15-17-33(35-21-29)27-11-7-9-25(19-27)31-13-5-6-14-32(31)26-10-8-12-28(20-26)34-18-16-30(22-36-34)24(3)4/h5-24H,1-4H3. The van der Waals surface area contributed by atoms with Crippen LogP contribution in [0, 0.1) is 0 Å². The summed E-state index contributed by atoms with van der Waals surface area (Å²) < 4.78 is 0. The van der Waals surface area contributed by atoms with Gasteiger partial charge >= 0.3 is 0 Å². The van der Waals surface area contributed by atoms with E-state index in [1.165, 1.54) is 33.4 Å². The molecule has 2 nitrogen and oxygen atoms in total. The van der Waals surface area contributed by atoms with E-state index in [0.29, 0.717) is 11.8 Å². The summed E-state index contributed by atoms with van der Waals surface area (Å²) in [5.41, 5.74) is 11.5. The molecule has 178 valence electrons. The van der Waals surface area contributed by atoms with Crippen molar-refractivity contribution in [2.45, 2.75) is 39.5 Å². The summed E-state index contributed by atoms with van der Waals surface area (Å²) in [5, 5.41) is 0. The van der Waals surface area contributed by atoms with E-state index in [1.807, 2.05) is 12.4 Å². The van der Waals surface area contributed by atoms with Gasteiger partial charge in [-0.2, -0.15) is 0 Å². The number of hydrogen-bond donors (Lipinski definition) is 0. The van der Waals surface area contributed by atoms with Crippen molar-refractivity contribution >= 4 is 0 Å². The second-order valence-corrected chi connectivity index (χ2v) is 9.97. The summed E-state index contributed by atoms with van der Waals surface area (Å²) in [4.78, 5) is 9.48. The van der Waals surface area contributed by atoms with Crippen LogP contribution in [0.4, 0.5) is 0 Å². The van der Waals surface area contributed by atoms with Crippen LogP contribution < -0.4 is 0 Å². The van der Waals surface area contributed by atoms with Gasteiger partial charge in [0.2, 0.25) is 0 Å². The predicted molar refractivity (Wildman–Crippen MR) is 152 cm³/mol. The van der Waals surface area contributed by atoms with Crippen molar-refractivity contribution in [1.82, 2.24) is 9.97 Å². The van der Waals surface area contributed by atoms with Crippen LogP contribution >= 0.6 is 0 Å². The zero-order chi connectivity index (χ0) is 25.1. The topological polar surface area (TPSA) is 25.8 Å². The molecule has 2 heteroatoms. The van der Waals surface area contributed by atoms with E-state index in [9.17, 15) is 0 Å². The van der Waals surface area contributed by atoms with Crippen molar-refractivity contribution in [1.29, 1.82) is 0 Å². The third-order valence-corrected chi connectivity index (χ3v) is 6.77. The molecule has 0 bridgehead atoms. The number of pyridine rings is 2. The molecule has 2 aromatic heterocycles. The van der Waals surface area contributed by atoms with Crippen LogP contribution in [0.5, 0.6) is 0 Å². The zero-order valence-corrected chi connectivity index (χ0v) is 21.4. The first-order valence-corrected chi connectivity index (χ1v) is 12.7. The molecule has 0 aliphatic carbocycles. The van der Waals surface area contributed by atoms with Gasteiger partial charge in [0.25, 0.3) is 0 Å². The molecule has 2 heterocycles. The Kier molecular flexibility index (Phi) is 6.77. The molecular weight excluding hydrogens is 436 g/mol. The molecule has 0 aliphatic heterocycles. The van der Waals surface area contributed by atoms with Crippen LogP contribution in [0.15, 0.2) is 109 Å². The second-order valence-electron chi connectivity index (χ2n) is 9.97. The minimum atomic E-state index is 0.476. The third-order valence-electron chi connectivity index (χ3n) is 6.77. The zero-order valence-electron chi connectivity index (χ0n) is 21.4. The molecule has 0 fully saturated rings. The van der Waals surface area contributed by atoms with Gasteiger partial charge in [-0.3, -0.25) is 9.97 Å². The monoisotopic (exact) mass is 468 g/mol. The summed E-state index contributed by atoms with van der Waals surface area (Å²) in [5.74, 6) is 0.952. The molecule has 0 saturated heterocycles. The summed E-state index contributed by atoms with van der Waals surface area (Å²) in [6.07, 6.45) is 3.99. The molecule has 5 rings (SSSR count). The van der Waals surface area contributed by atoms with Crippen molar-refractivity contribution in [3.63, 3.8) is 0 Å². The van der Waals surface area contributed by atoms with E-state index < -0.39 is 0 Å². The Bertz CT molecular complexity index is 1350. The number of benzene rings is 3. The number of aromatic nitrogens is 2. The molecular formula is C34H32N2. The summed E-state index contributed by atoms with van der Waals surface area (Å²) >= 11 is 0. The third kappa shape index (κ3) is 4.99. The molecule has 36 heavy (non-hydrogen) atoms. The first-order chi connectivity index (χ1) is 17.5. The van der Waals surface area contributed by atoms with E-state index in [-0.39, 0.29) is 0 Å². The highest BCUT2D eigenvalue weighted by atomic mass is 14.7. The average molecular weight is 469 g/mol. The molecule has 0 radical (unpaired) electrons. The Labute approximate surface area is 214 Å². The van der Waals surface area contributed by atoms with Gasteiger partial charge in [0.05, 0.1) is 11.4 Å². The molecule has 0 amide bonds. The summed E-state index contributed by atoms with van der Waals surface area (Å²) in [6.45, 7) is 8.78. The molecule has 0 aliphatic rings. The quantitative estimate of drug-likeness (QED) is 0.248. The van der Waals surface area contributed by atoms with Gasteiger partial charge in [-0.15, -0.1) is 0 Å². The number of rotatable bonds is 6. The summed E-state index contributed by atoms with van der Waals surface area (Å²) in [6, 6.07) is 34.6. The van der Waals surface area contributed by atoms with E-state index >= 15 is 0 Å². The Morgan fingerprint density at radius 1 is 0.444 bits per heavy atom. The van der Waals surface area contributed by atoms with E-state index in [2.05, 4.69) is 125 Å². The van der Waals surface area contributed by atoms with Crippen LogP contribution in [0.1, 0.15) is 50.7 Å². The Morgan fingerprint density at radius 3 is 1.22 bits per heavy atom. The van der Waals surface area contributed by atoms with Crippen LogP contribution in [-0.4, -0.2) is 9.97 Å². The molecule has 0 atom stereocenters. The maximum atomic E-state index is 4.74. The summed E-state index contributed by atoms with van der Waals surface area (Å²) in [7, 11) is 0. The smallest absolute Gasteiger partial charge is 0.0702 e. The number of nitrogens with zero attached hydrogens (tertiary/aromatic N) is 2. The van der Waals surface area contributed by atoms with Crippen molar-refractivity contribution in [3.8, 4) is 44.8 Å². The lowest BCUT2D eigenvalue weighted by molar-refractivity contribution is 0.858. The van der Waals surface area contributed by atoms with E-state index in [0.717, 1.165) is 22.5 Å². The van der Waals surface area contributed by atoms with Gasteiger partial charge in [-0.25, -0.2) is 0 Å². The lowest BCUT2D eigenvalue weighted by atomic mass is 9.92. The average Bonchev–Trinajstić information content (AvgIpc) is 2.93. The maximum absolute atomic E-state index is 4.74. The van der Waals surface area contributed by atoms with Gasteiger partial charge in [0.1, 0.15) is 0 Å². The minimum Gasteiger partial charge on any atom is -0.256 e. The Balaban J connectivity index is 1.51. The first-order valence-electron chi connectivity index (χ1n) is 12.7. The van der Waals surface area contributed by atoms with Gasteiger partial charge in [-0.05, 0) is 69.5 Å². The molecule has 5 aromatic rings. The van der Waals surface area contributed by atoms with Crippen LogP contribution in [0.3, 0.4) is 0 Å². The Morgan fingerprint density at radius 2 is 0.861 bits per heavy atom. The largest absolute Gasteiger partial charge is 0.256 e. The fraction of sp³-hybridized carbons (Fsp3) is 0.176. The first kappa shape index (κ1) is 23.7. The van der Waals surface area contributed by atoms with Crippen molar-refractivity contribution in [3.05, 3.63) is 121 Å². The van der Waals surface area contributed by atoms with Crippen LogP contribution in [-0.2, 0) is 0 Å². The van der Waals surface area contributed by atoms with Crippen molar-refractivity contribution in [2.75, 3.05) is 0 Å². The SMILES string of the molecule is CC(C)c1ccc(-c2cccc(-c3ccccc3-c3cccc(-c4ccc(C(C)C)cn4)c3)c2)nc1. The van der Waals surface area contributed by atoms with Crippen molar-refractivity contribution < 1.29 is 0 Å². The van der Waals surface area contributed by atoms with E-state index in [4.69, 9.17) is 9.97 Å². The van der Waals surface area contributed by atoms with Gasteiger partial charge in [0, 0.05) is 23.5 Å². The maximum Gasteiger partial charge on any atom is 0.0702 e. The number of hydrogen-bond acceptors (Lipinski definition) is 2. The van der Waals surface area contributed by atoms with Gasteiger partial charge in [0.15, 0.2) is 0 Å². The van der Waals surface area contributed by atoms with Gasteiger partial charge < -0.3 is 0 Å². The molecule has 0 saturated carbocycles. The Hall–Kier alpha value is -4.04. The highest BCUT2D eigenvalue weighted by Crippen LogP contribution is 2.35. The van der Waals surface area contributed by atoms with Gasteiger partial charge in [-0.1, -0.05) is 100 Å². The lowest BCUT2D eigenvalue weighted by Crippen LogP contribution is -1.92. The minimum absolute atomic E-state index is 0.476. The van der Waals surface area contributed by atoms with E-state index in [1.54, 1.807) is 0 Å². The van der Waals surface area contributed by atoms with Crippen LogP contribution in [0.2, 0.25) is 0 Å².